The van der Waals surface area contributed by atoms with Crippen molar-refractivity contribution in [3.05, 3.63) is 53.2 Å². The number of carbonyl (C=O) groups excluding carboxylic acids is 1. The molecule has 0 aliphatic carbocycles. The number of carbonyl (C=O) groups is 1. The van der Waals surface area contributed by atoms with Crippen molar-refractivity contribution < 1.29 is 9.18 Å². The van der Waals surface area contributed by atoms with Gasteiger partial charge >= 0.3 is 0 Å². The number of anilines is 1. The first-order valence-electron chi connectivity index (χ1n) is 8.77. The van der Waals surface area contributed by atoms with Crippen LogP contribution in [0.2, 0.25) is 0 Å². The molecule has 0 unspecified atom stereocenters. The Labute approximate surface area is 152 Å². The Morgan fingerprint density at radius 3 is 2.69 bits per heavy atom. The average Bonchev–Trinajstić information content (AvgIpc) is 3.06. The number of likely N-dealkylation sites (N-methyl/N-ethyl adjacent to an activating group) is 1. The molecule has 1 aromatic heterocycles. The van der Waals surface area contributed by atoms with Gasteiger partial charge in [-0.3, -0.25) is 4.79 Å². The summed E-state index contributed by atoms with van der Waals surface area (Å²) in [4.78, 5) is 23.3. The number of nitrogens with zero attached hydrogens (tertiary/aromatic N) is 3. The van der Waals surface area contributed by atoms with Crippen LogP contribution in [0.4, 0.5) is 10.2 Å². The van der Waals surface area contributed by atoms with Crippen LogP contribution in [0, 0.1) is 5.82 Å². The molecule has 3 rings (SSSR count). The minimum atomic E-state index is -0.280. The number of benzene rings is 1. The monoisotopic (exact) mass is 357 g/mol. The van der Waals surface area contributed by atoms with Crippen LogP contribution in [0.15, 0.2) is 30.5 Å². The van der Waals surface area contributed by atoms with Crippen molar-refractivity contribution in [3.63, 3.8) is 0 Å². The minimum absolute atomic E-state index is 0.130. The van der Waals surface area contributed by atoms with E-state index in [4.69, 9.17) is 0 Å². The van der Waals surface area contributed by atoms with Gasteiger partial charge in [-0.2, -0.15) is 0 Å². The lowest BCUT2D eigenvalue weighted by atomic mass is 9.97. The van der Waals surface area contributed by atoms with E-state index in [-0.39, 0.29) is 23.3 Å². The summed E-state index contributed by atoms with van der Waals surface area (Å²) in [5.74, 6) is -0.0141. The number of hydrogen-bond donors (Lipinski definition) is 2. The number of likely N-dealkylation sites (tertiary alicyclic amines) is 1. The number of amides is 1. The largest absolute Gasteiger partial charge is 0.364 e. The van der Waals surface area contributed by atoms with Gasteiger partial charge in [0.15, 0.2) is 0 Å². The van der Waals surface area contributed by atoms with Gasteiger partial charge in [-0.05, 0) is 37.7 Å². The summed E-state index contributed by atoms with van der Waals surface area (Å²) >= 11 is 0. The molecular formula is C19H24FN5O. The van der Waals surface area contributed by atoms with E-state index in [2.05, 4.69) is 32.5 Å². The van der Waals surface area contributed by atoms with E-state index in [0.29, 0.717) is 17.6 Å². The molecular weight excluding hydrogens is 333 g/mol. The highest BCUT2D eigenvalue weighted by Gasteiger charge is 2.24. The van der Waals surface area contributed by atoms with Gasteiger partial charge < -0.3 is 15.5 Å². The highest BCUT2D eigenvalue weighted by atomic mass is 19.1. The fourth-order valence-electron chi connectivity index (χ4n) is 3.21. The maximum absolute atomic E-state index is 13.3. The molecule has 1 fully saturated rings. The van der Waals surface area contributed by atoms with Crippen LogP contribution in [0.25, 0.3) is 0 Å². The van der Waals surface area contributed by atoms with E-state index in [0.717, 1.165) is 25.1 Å². The van der Waals surface area contributed by atoms with E-state index in [9.17, 15) is 9.18 Å². The number of rotatable bonds is 5. The van der Waals surface area contributed by atoms with E-state index in [1.807, 2.05) is 6.92 Å². The molecule has 7 heteroatoms. The summed E-state index contributed by atoms with van der Waals surface area (Å²) in [7, 11) is 3.65. The Morgan fingerprint density at radius 2 is 2.08 bits per heavy atom. The molecule has 2 N–H and O–H groups in total. The Balaban J connectivity index is 1.95. The van der Waals surface area contributed by atoms with Crippen LogP contribution < -0.4 is 10.6 Å². The Morgan fingerprint density at radius 1 is 1.35 bits per heavy atom. The zero-order valence-electron chi connectivity index (χ0n) is 15.3. The van der Waals surface area contributed by atoms with Crippen LogP contribution in [0.5, 0.6) is 0 Å². The topological polar surface area (TPSA) is 70.2 Å². The molecule has 26 heavy (non-hydrogen) atoms. The molecule has 1 saturated heterocycles. The lowest BCUT2D eigenvalue weighted by Crippen LogP contribution is -2.26. The van der Waals surface area contributed by atoms with Crippen molar-refractivity contribution in [2.45, 2.75) is 25.3 Å². The number of halogens is 1. The lowest BCUT2D eigenvalue weighted by molar-refractivity contribution is 0.0957. The third kappa shape index (κ3) is 3.99. The second-order valence-corrected chi connectivity index (χ2v) is 6.73. The quantitative estimate of drug-likeness (QED) is 0.859. The molecule has 1 amide bonds. The molecule has 0 radical (unpaired) electrons. The van der Waals surface area contributed by atoms with Crippen molar-refractivity contribution in [1.82, 2.24) is 20.2 Å². The third-order valence-corrected chi connectivity index (χ3v) is 4.77. The first kappa shape index (κ1) is 18.3. The van der Waals surface area contributed by atoms with Crippen LogP contribution in [0.1, 0.15) is 41.0 Å². The Hall–Kier alpha value is -2.54. The van der Waals surface area contributed by atoms with Gasteiger partial charge in [-0.1, -0.05) is 19.1 Å². The number of aromatic nitrogens is 2. The Bertz CT molecular complexity index is 780. The molecule has 0 bridgehead atoms. The molecule has 2 heterocycles. The normalized spacial score (nSPS) is 18.5. The zero-order chi connectivity index (χ0) is 18.7. The molecule has 138 valence electrons. The van der Waals surface area contributed by atoms with Crippen molar-refractivity contribution >= 4 is 11.7 Å². The molecule has 2 atom stereocenters. The summed E-state index contributed by atoms with van der Waals surface area (Å²) in [6, 6.07) is 6.63. The minimum Gasteiger partial charge on any atom is -0.364 e. The van der Waals surface area contributed by atoms with Crippen molar-refractivity contribution in [3.8, 4) is 0 Å². The number of nitrogens with one attached hydrogen (secondary N) is 2. The van der Waals surface area contributed by atoms with Crippen LogP contribution in [0.3, 0.4) is 0 Å². The summed E-state index contributed by atoms with van der Waals surface area (Å²) < 4.78 is 13.3. The third-order valence-electron chi connectivity index (χ3n) is 4.77. The first-order chi connectivity index (χ1) is 12.5. The van der Waals surface area contributed by atoms with Crippen molar-refractivity contribution in [1.29, 1.82) is 0 Å². The zero-order valence-corrected chi connectivity index (χ0v) is 15.3. The molecule has 6 nitrogen and oxygen atoms in total. The first-order valence-corrected chi connectivity index (χ1v) is 8.77. The van der Waals surface area contributed by atoms with Gasteiger partial charge in [-0.25, -0.2) is 14.4 Å². The highest BCUT2D eigenvalue weighted by molar-refractivity contribution is 5.92. The predicted octanol–water partition coefficient (Wildman–Crippen LogP) is 2.24. The summed E-state index contributed by atoms with van der Waals surface area (Å²) in [6.07, 6.45) is 2.51. The summed E-state index contributed by atoms with van der Waals surface area (Å²) in [5.41, 5.74) is 1.87. The fraction of sp³-hybridized carbons (Fsp3) is 0.421. The standard InChI is InChI=1S/C19H24FN5O/c1-12(13-4-6-14(20)7-5-13)17-18(23-15-8-9-25(3)11-15)22-10-16(24-17)19(26)21-2/h4-7,10,12,15H,8-9,11H2,1-3H3,(H,21,26)(H,22,23)/t12-,15-/m1/s1. The average molecular weight is 357 g/mol. The van der Waals surface area contributed by atoms with Gasteiger partial charge in [0.2, 0.25) is 0 Å². The molecule has 0 saturated carbocycles. The smallest absolute Gasteiger partial charge is 0.271 e. The Kier molecular flexibility index (Phi) is 5.46. The predicted molar refractivity (Wildman–Crippen MR) is 98.9 cm³/mol. The second-order valence-electron chi connectivity index (χ2n) is 6.73. The lowest BCUT2D eigenvalue weighted by Gasteiger charge is -2.20. The van der Waals surface area contributed by atoms with Gasteiger partial charge in [-0.15, -0.1) is 0 Å². The molecule has 0 spiro atoms. The van der Waals surface area contributed by atoms with E-state index in [1.54, 1.807) is 19.2 Å². The summed E-state index contributed by atoms with van der Waals surface area (Å²) in [5, 5.41) is 6.04. The highest BCUT2D eigenvalue weighted by Crippen LogP contribution is 2.28. The van der Waals surface area contributed by atoms with E-state index >= 15 is 0 Å². The van der Waals surface area contributed by atoms with Crippen molar-refractivity contribution in [2.75, 3.05) is 32.5 Å². The molecule has 1 aliphatic rings. The van der Waals surface area contributed by atoms with Crippen molar-refractivity contribution in [2.24, 2.45) is 0 Å². The summed E-state index contributed by atoms with van der Waals surface area (Å²) in [6.45, 7) is 3.95. The second kappa shape index (κ2) is 7.78. The van der Waals surface area contributed by atoms with Crippen LogP contribution in [-0.2, 0) is 0 Å². The maximum atomic E-state index is 13.3. The number of hydrogen-bond acceptors (Lipinski definition) is 5. The van der Waals surface area contributed by atoms with Crippen LogP contribution >= 0.6 is 0 Å². The fourth-order valence-corrected chi connectivity index (χ4v) is 3.21. The SMILES string of the molecule is CNC(=O)c1cnc(N[C@@H]2CCN(C)C2)c([C@H](C)c2ccc(F)cc2)n1. The van der Waals surface area contributed by atoms with Gasteiger partial charge in [0.1, 0.15) is 17.3 Å². The maximum Gasteiger partial charge on any atom is 0.271 e. The molecule has 2 aromatic rings. The molecule has 1 aliphatic heterocycles. The van der Waals surface area contributed by atoms with E-state index in [1.165, 1.54) is 18.3 Å². The van der Waals surface area contributed by atoms with Gasteiger partial charge in [0.25, 0.3) is 5.91 Å². The van der Waals surface area contributed by atoms with Crippen LogP contribution in [-0.4, -0.2) is 54.0 Å². The van der Waals surface area contributed by atoms with Gasteiger partial charge in [0, 0.05) is 25.6 Å². The van der Waals surface area contributed by atoms with E-state index < -0.39 is 0 Å². The van der Waals surface area contributed by atoms with Gasteiger partial charge in [0.05, 0.1) is 11.9 Å². The molecule has 1 aromatic carbocycles.